The molecule has 1 saturated heterocycles. The van der Waals surface area contributed by atoms with Crippen LogP contribution >= 0.6 is 0 Å². The number of pyridine rings is 1. The second-order valence-electron chi connectivity index (χ2n) is 10.2. The molecule has 0 aliphatic carbocycles. The van der Waals surface area contributed by atoms with E-state index in [-0.39, 0.29) is 18.0 Å². The average molecular weight is 499 g/mol. The number of carbonyl (C=O) groups is 1. The van der Waals surface area contributed by atoms with Gasteiger partial charge in [-0.1, -0.05) is 18.7 Å². The Morgan fingerprint density at radius 1 is 1.16 bits per heavy atom. The molecule has 7 heteroatoms. The fourth-order valence-corrected chi connectivity index (χ4v) is 5.19. The van der Waals surface area contributed by atoms with E-state index in [0.717, 1.165) is 59.9 Å². The maximum Gasteiger partial charge on any atom is 0.253 e. The molecule has 2 aromatic carbocycles. The van der Waals surface area contributed by atoms with E-state index in [4.69, 9.17) is 4.74 Å². The summed E-state index contributed by atoms with van der Waals surface area (Å²) in [6.07, 6.45) is 2.45. The third kappa shape index (κ3) is 5.04. The number of benzene rings is 2. The zero-order valence-electron chi connectivity index (χ0n) is 21.7. The molecule has 192 valence electrons. The summed E-state index contributed by atoms with van der Waals surface area (Å²) in [5, 5.41) is 6.33. The fraction of sp³-hybridized carbons (Fsp3) is 0.333. The second-order valence-corrected chi connectivity index (χ2v) is 10.2. The summed E-state index contributed by atoms with van der Waals surface area (Å²) in [5.74, 6) is 0.563. The van der Waals surface area contributed by atoms with Gasteiger partial charge in [0.2, 0.25) is 0 Å². The monoisotopic (exact) mass is 498 g/mol. The number of H-pyrrole nitrogens is 1. The van der Waals surface area contributed by atoms with E-state index in [9.17, 15) is 9.59 Å². The molecule has 1 amide bonds. The van der Waals surface area contributed by atoms with Crippen molar-refractivity contribution in [2.45, 2.75) is 39.3 Å². The number of anilines is 1. The molecule has 5 rings (SSSR count). The normalized spacial score (nSPS) is 18.7. The molecule has 2 aliphatic rings. The van der Waals surface area contributed by atoms with Crippen molar-refractivity contribution < 1.29 is 9.53 Å². The SMILES string of the molecule is C=CC1(C)Cc2cc(C(=O)NCc3c(C)cc(C)[nH]c3=O)cc(-c3ccc(N4CCNCC4)cc3)c2O1. The molecule has 0 bridgehead atoms. The number of aromatic nitrogens is 1. The van der Waals surface area contributed by atoms with Gasteiger partial charge < -0.3 is 25.3 Å². The number of nitrogens with zero attached hydrogens (tertiary/aromatic N) is 1. The first-order valence-corrected chi connectivity index (χ1v) is 12.8. The highest BCUT2D eigenvalue weighted by atomic mass is 16.5. The highest BCUT2D eigenvalue weighted by Crippen LogP contribution is 2.44. The quantitative estimate of drug-likeness (QED) is 0.449. The minimum absolute atomic E-state index is 0.160. The Morgan fingerprint density at radius 2 is 1.89 bits per heavy atom. The lowest BCUT2D eigenvalue weighted by molar-refractivity contribution is 0.0950. The Bertz CT molecular complexity index is 1400. The lowest BCUT2D eigenvalue weighted by Crippen LogP contribution is -2.43. The Kier molecular flexibility index (Phi) is 6.65. The number of amides is 1. The zero-order valence-corrected chi connectivity index (χ0v) is 21.7. The van der Waals surface area contributed by atoms with Crippen molar-refractivity contribution >= 4 is 11.6 Å². The van der Waals surface area contributed by atoms with Crippen molar-refractivity contribution in [3.63, 3.8) is 0 Å². The largest absolute Gasteiger partial charge is 0.482 e. The van der Waals surface area contributed by atoms with Crippen LogP contribution in [-0.4, -0.2) is 42.7 Å². The van der Waals surface area contributed by atoms with E-state index in [1.54, 1.807) is 0 Å². The van der Waals surface area contributed by atoms with Gasteiger partial charge in [-0.15, -0.1) is 0 Å². The third-order valence-corrected chi connectivity index (χ3v) is 7.32. The zero-order chi connectivity index (χ0) is 26.2. The first-order valence-electron chi connectivity index (χ1n) is 12.8. The van der Waals surface area contributed by atoms with Gasteiger partial charge in [0.1, 0.15) is 11.4 Å². The van der Waals surface area contributed by atoms with Crippen LogP contribution < -0.4 is 25.8 Å². The van der Waals surface area contributed by atoms with Crippen LogP contribution in [0, 0.1) is 13.8 Å². The van der Waals surface area contributed by atoms with E-state index in [2.05, 4.69) is 51.4 Å². The van der Waals surface area contributed by atoms with Crippen LogP contribution in [0.5, 0.6) is 5.75 Å². The highest BCUT2D eigenvalue weighted by molar-refractivity contribution is 5.97. The smallest absolute Gasteiger partial charge is 0.253 e. The number of carbonyl (C=O) groups excluding carboxylic acids is 1. The van der Waals surface area contributed by atoms with Gasteiger partial charge in [0, 0.05) is 67.2 Å². The maximum absolute atomic E-state index is 13.3. The fourth-order valence-electron chi connectivity index (χ4n) is 5.19. The molecular formula is C30H34N4O3. The number of aryl methyl sites for hydroxylation is 2. The summed E-state index contributed by atoms with van der Waals surface area (Å²) < 4.78 is 6.37. The Morgan fingerprint density at radius 3 is 2.57 bits per heavy atom. The first kappa shape index (κ1) is 24.8. The van der Waals surface area contributed by atoms with Crippen molar-refractivity contribution in [2.24, 2.45) is 0 Å². The van der Waals surface area contributed by atoms with Gasteiger partial charge in [0.25, 0.3) is 11.5 Å². The summed E-state index contributed by atoms with van der Waals surface area (Å²) >= 11 is 0. The van der Waals surface area contributed by atoms with Gasteiger partial charge in [-0.25, -0.2) is 0 Å². The van der Waals surface area contributed by atoms with E-state index >= 15 is 0 Å². The molecule has 1 aromatic heterocycles. The number of fused-ring (bicyclic) bond motifs is 1. The summed E-state index contributed by atoms with van der Waals surface area (Å²) in [4.78, 5) is 30.9. The second kappa shape index (κ2) is 9.90. The predicted octanol–water partition coefficient (Wildman–Crippen LogP) is 3.88. The number of aromatic amines is 1. The van der Waals surface area contributed by atoms with Crippen LogP contribution in [0.4, 0.5) is 5.69 Å². The predicted molar refractivity (Wildman–Crippen MR) is 148 cm³/mol. The average Bonchev–Trinajstić information content (AvgIpc) is 3.25. The Labute approximate surface area is 217 Å². The molecule has 1 atom stereocenters. The van der Waals surface area contributed by atoms with Crippen LogP contribution in [0.1, 0.15) is 39.7 Å². The molecule has 37 heavy (non-hydrogen) atoms. The first-order chi connectivity index (χ1) is 17.8. The standard InChI is InChI=1S/C30H34N4O3/c1-5-30(4)17-23-15-22(28(35)32-18-26-19(2)14-20(3)33-29(26)36)16-25(27(23)37-30)21-6-8-24(9-7-21)34-12-10-31-11-13-34/h5-9,14-16,31H,1,10-13,17-18H2,2-4H3,(H,32,35)(H,33,36). The van der Waals surface area contributed by atoms with Crippen LogP contribution in [0.15, 0.2) is 59.9 Å². The molecule has 0 saturated carbocycles. The van der Waals surface area contributed by atoms with Crippen molar-refractivity contribution in [3.8, 4) is 16.9 Å². The van der Waals surface area contributed by atoms with Crippen LogP contribution in [-0.2, 0) is 13.0 Å². The van der Waals surface area contributed by atoms with E-state index < -0.39 is 5.60 Å². The third-order valence-electron chi connectivity index (χ3n) is 7.32. The molecular weight excluding hydrogens is 464 g/mol. The van der Waals surface area contributed by atoms with Gasteiger partial charge in [0.05, 0.1) is 0 Å². The summed E-state index contributed by atoms with van der Waals surface area (Å²) in [5.41, 5.74) is 6.08. The van der Waals surface area contributed by atoms with Crippen LogP contribution in [0.2, 0.25) is 0 Å². The number of ether oxygens (including phenoxy) is 1. The number of nitrogens with one attached hydrogen (secondary N) is 3. The Balaban J connectivity index is 1.46. The van der Waals surface area contributed by atoms with Gasteiger partial charge >= 0.3 is 0 Å². The number of hydrogen-bond acceptors (Lipinski definition) is 5. The van der Waals surface area contributed by atoms with Gasteiger partial charge in [-0.05, 0) is 73.9 Å². The van der Waals surface area contributed by atoms with Crippen molar-refractivity contribution in [1.82, 2.24) is 15.6 Å². The Hall–Kier alpha value is -3.84. The molecule has 2 aliphatic heterocycles. The van der Waals surface area contributed by atoms with Crippen molar-refractivity contribution in [1.29, 1.82) is 0 Å². The number of piperazine rings is 1. The minimum Gasteiger partial charge on any atom is -0.482 e. The maximum atomic E-state index is 13.3. The van der Waals surface area contributed by atoms with Crippen molar-refractivity contribution in [2.75, 3.05) is 31.1 Å². The molecule has 7 nitrogen and oxygen atoms in total. The topological polar surface area (TPSA) is 86.5 Å². The minimum atomic E-state index is -0.529. The number of rotatable bonds is 6. The van der Waals surface area contributed by atoms with Crippen LogP contribution in [0.25, 0.3) is 11.1 Å². The van der Waals surface area contributed by atoms with E-state index in [0.29, 0.717) is 17.5 Å². The molecule has 0 radical (unpaired) electrons. The summed E-state index contributed by atoms with van der Waals surface area (Å²) in [7, 11) is 0. The molecule has 0 spiro atoms. The number of hydrogen-bond donors (Lipinski definition) is 3. The lowest BCUT2D eigenvalue weighted by atomic mass is 9.94. The van der Waals surface area contributed by atoms with Gasteiger partial charge in [0.15, 0.2) is 0 Å². The summed E-state index contributed by atoms with van der Waals surface area (Å²) in [6, 6.07) is 14.1. The van der Waals surface area contributed by atoms with E-state index in [1.165, 1.54) is 5.69 Å². The van der Waals surface area contributed by atoms with E-state index in [1.807, 2.05) is 45.0 Å². The lowest BCUT2D eigenvalue weighted by Gasteiger charge is -2.29. The molecule has 1 unspecified atom stereocenters. The van der Waals surface area contributed by atoms with Crippen molar-refractivity contribution in [3.05, 3.63) is 93.4 Å². The highest BCUT2D eigenvalue weighted by Gasteiger charge is 2.35. The molecule has 3 aromatic rings. The molecule has 1 fully saturated rings. The molecule has 3 heterocycles. The summed E-state index contributed by atoms with van der Waals surface area (Å²) in [6.45, 7) is 13.8. The van der Waals surface area contributed by atoms with Gasteiger partial charge in [-0.3, -0.25) is 9.59 Å². The molecule has 3 N–H and O–H groups in total. The van der Waals surface area contributed by atoms with Crippen LogP contribution in [0.3, 0.4) is 0 Å². The van der Waals surface area contributed by atoms with Gasteiger partial charge in [-0.2, -0.15) is 0 Å².